The molecule has 2 aromatic carbocycles. The fraction of sp³-hybridized carbons (Fsp3) is 0.344. The number of nitrogens with one attached hydrogen (secondary N) is 2. The maximum absolute atomic E-state index is 14.0. The molecule has 3 amide bonds. The fourth-order valence-electron chi connectivity index (χ4n) is 4.86. The average molecular weight is 609 g/mol. The lowest BCUT2D eigenvalue weighted by molar-refractivity contribution is -0.137. The Kier molecular flexibility index (Phi) is 10.5. The van der Waals surface area contributed by atoms with Crippen molar-refractivity contribution in [3.05, 3.63) is 95.3 Å². The summed E-state index contributed by atoms with van der Waals surface area (Å²) < 4.78 is 38.6. The number of para-hydroxylation sites is 1. The van der Waals surface area contributed by atoms with Crippen LogP contribution in [0.25, 0.3) is 0 Å². The number of benzodiazepines with no additional fused rings is 1. The van der Waals surface area contributed by atoms with Crippen molar-refractivity contribution < 1.29 is 27.6 Å². The molecule has 3 aromatic rings. The zero-order valence-electron chi connectivity index (χ0n) is 24.8. The lowest BCUT2D eigenvalue weighted by Crippen LogP contribution is -2.53. The number of carbonyl (C=O) groups excluding carboxylic acids is 3. The number of aliphatic imine (C=N–C) groups is 1. The second kappa shape index (κ2) is 14.3. The summed E-state index contributed by atoms with van der Waals surface area (Å²) in [6, 6.07) is 15.9. The Labute approximate surface area is 254 Å². The standard InChI is InChI=1S/C32H35F3N6O3/c1-4-40(5-2)18-19-41-26-12-7-6-10-24(26)28(25-11-8-9-17-36-25)38-29(31(41)44)39-30(43)21(3)37-27(42)20-22-13-15-23(16-14-22)32(33,34)35/h6-17,21,29H,4-5,18-20H2,1-3H3,(H,37,42)(H,39,43)/t21-,29?/m0/s1. The molecule has 232 valence electrons. The van der Waals surface area contributed by atoms with Crippen molar-refractivity contribution in [1.29, 1.82) is 0 Å². The minimum atomic E-state index is -4.48. The largest absolute Gasteiger partial charge is 0.416 e. The van der Waals surface area contributed by atoms with Gasteiger partial charge in [0, 0.05) is 24.8 Å². The molecule has 44 heavy (non-hydrogen) atoms. The molecule has 0 radical (unpaired) electrons. The fourth-order valence-corrected chi connectivity index (χ4v) is 4.86. The van der Waals surface area contributed by atoms with Gasteiger partial charge in [-0.15, -0.1) is 0 Å². The van der Waals surface area contributed by atoms with Crippen molar-refractivity contribution in [1.82, 2.24) is 20.5 Å². The molecule has 0 bridgehead atoms. The highest BCUT2D eigenvalue weighted by Crippen LogP contribution is 2.29. The predicted octanol–water partition coefficient (Wildman–Crippen LogP) is 3.82. The van der Waals surface area contributed by atoms with Crippen LogP contribution >= 0.6 is 0 Å². The zero-order chi connectivity index (χ0) is 31.9. The molecule has 9 nitrogen and oxygen atoms in total. The minimum absolute atomic E-state index is 0.228. The molecular weight excluding hydrogens is 573 g/mol. The van der Waals surface area contributed by atoms with Gasteiger partial charge in [0.15, 0.2) is 0 Å². The number of aromatic nitrogens is 1. The summed E-state index contributed by atoms with van der Waals surface area (Å²) in [7, 11) is 0. The first kappa shape index (κ1) is 32.3. The second-order valence-corrected chi connectivity index (χ2v) is 10.3. The smallest absolute Gasteiger partial charge is 0.344 e. The van der Waals surface area contributed by atoms with Crippen molar-refractivity contribution >= 4 is 29.1 Å². The van der Waals surface area contributed by atoms with E-state index in [-0.39, 0.29) is 6.42 Å². The lowest BCUT2D eigenvalue weighted by Gasteiger charge is -2.28. The van der Waals surface area contributed by atoms with Gasteiger partial charge in [-0.1, -0.05) is 50.2 Å². The van der Waals surface area contributed by atoms with Crippen molar-refractivity contribution in [2.24, 2.45) is 4.99 Å². The lowest BCUT2D eigenvalue weighted by atomic mass is 10.0. The van der Waals surface area contributed by atoms with Gasteiger partial charge in [0.1, 0.15) is 6.04 Å². The first-order valence-electron chi connectivity index (χ1n) is 14.4. The predicted molar refractivity (Wildman–Crippen MR) is 161 cm³/mol. The minimum Gasteiger partial charge on any atom is -0.344 e. The Morgan fingerprint density at radius 2 is 1.68 bits per heavy atom. The van der Waals surface area contributed by atoms with Gasteiger partial charge in [-0.05, 0) is 55.9 Å². The van der Waals surface area contributed by atoms with E-state index in [1.165, 1.54) is 19.1 Å². The summed E-state index contributed by atoms with van der Waals surface area (Å²) in [6.45, 7) is 8.11. The van der Waals surface area contributed by atoms with Gasteiger partial charge in [-0.25, -0.2) is 4.99 Å². The normalized spacial score (nSPS) is 15.7. The number of likely N-dealkylation sites (N-methyl/N-ethyl adjacent to an activating group) is 1. The maximum Gasteiger partial charge on any atom is 0.416 e. The van der Waals surface area contributed by atoms with Gasteiger partial charge < -0.3 is 20.4 Å². The van der Waals surface area contributed by atoms with Crippen molar-refractivity contribution in [3.63, 3.8) is 0 Å². The number of halogens is 3. The Balaban J connectivity index is 1.55. The van der Waals surface area contributed by atoms with Gasteiger partial charge in [-0.3, -0.25) is 19.4 Å². The van der Waals surface area contributed by atoms with E-state index in [0.29, 0.717) is 41.3 Å². The van der Waals surface area contributed by atoms with E-state index < -0.39 is 41.7 Å². The van der Waals surface area contributed by atoms with Crippen molar-refractivity contribution in [2.45, 2.75) is 45.6 Å². The molecule has 0 fully saturated rings. The third-order valence-corrected chi connectivity index (χ3v) is 7.35. The molecule has 0 spiro atoms. The number of alkyl halides is 3. The second-order valence-electron chi connectivity index (χ2n) is 10.3. The number of anilines is 1. The van der Waals surface area contributed by atoms with E-state index in [9.17, 15) is 27.6 Å². The quantitative estimate of drug-likeness (QED) is 0.344. The summed E-state index contributed by atoms with van der Waals surface area (Å²) in [5.74, 6) is -1.65. The van der Waals surface area contributed by atoms with Crippen LogP contribution in [0.15, 0.2) is 77.9 Å². The number of benzene rings is 2. The highest BCUT2D eigenvalue weighted by atomic mass is 19.4. The van der Waals surface area contributed by atoms with E-state index in [1.807, 2.05) is 38.1 Å². The highest BCUT2D eigenvalue weighted by Gasteiger charge is 2.34. The van der Waals surface area contributed by atoms with E-state index >= 15 is 0 Å². The SMILES string of the molecule is CCN(CC)CCN1C(=O)C(NC(=O)[C@H](C)NC(=O)Cc2ccc(C(F)(F)F)cc2)N=C(c2ccccn2)c2ccccc21. The van der Waals surface area contributed by atoms with E-state index in [0.717, 1.165) is 25.2 Å². The van der Waals surface area contributed by atoms with Crippen LogP contribution in [0.1, 0.15) is 43.2 Å². The Morgan fingerprint density at radius 1 is 1.00 bits per heavy atom. The van der Waals surface area contributed by atoms with Crippen LogP contribution in [0.3, 0.4) is 0 Å². The third-order valence-electron chi connectivity index (χ3n) is 7.35. The highest BCUT2D eigenvalue weighted by molar-refractivity contribution is 6.19. The van der Waals surface area contributed by atoms with E-state index in [1.54, 1.807) is 29.3 Å². The Hall–Kier alpha value is -4.58. The molecule has 2 N–H and O–H groups in total. The van der Waals surface area contributed by atoms with E-state index in [2.05, 4.69) is 20.5 Å². The topological polar surface area (TPSA) is 107 Å². The number of hydrogen-bond acceptors (Lipinski definition) is 6. The van der Waals surface area contributed by atoms with Gasteiger partial charge >= 0.3 is 6.18 Å². The van der Waals surface area contributed by atoms with Gasteiger partial charge in [0.2, 0.25) is 18.0 Å². The number of nitrogens with zero attached hydrogens (tertiary/aromatic N) is 4. The van der Waals surface area contributed by atoms with Crippen molar-refractivity contribution in [3.8, 4) is 0 Å². The summed E-state index contributed by atoms with van der Waals surface area (Å²) in [4.78, 5) is 52.8. The first-order chi connectivity index (χ1) is 21.0. The molecule has 4 rings (SSSR count). The molecule has 0 saturated carbocycles. The van der Waals surface area contributed by atoms with Gasteiger partial charge in [0.05, 0.1) is 29.1 Å². The molecule has 2 atom stereocenters. The Bertz CT molecular complexity index is 1490. The number of hydrogen-bond donors (Lipinski definition) is 2. The number of rotatable bonds is 11. The maximum atomic E-state index is 14.0. The molecular formula is C32H35F3N6O3. The summed E-state index contributed by atoms with van der Waals surface area (Å²) in [5, 5.41) is 5.24. The molecule has 1 aliphatic rings. The average Bonchev–Trinajstić information content (AvgIpc) is 3.12. The van der Waals surface area contributed by atoms with Crippen LogP contribution in [-0.2, 0) is 27.0 Å². The summed E-state index contributed by atoms with van der Waals surface area (Å²) in [5.41, 5.74) is 1.83. The summed E-state index contributed by atoms with van der Waals surface area (Å²) >= 11 is 0. The monoisotopic (exact) mass is 608 g/mol. The number of carbonyl (C=O) groups is 3. The number of fused-ring (bicyclic) bond motifs is 1. The Morgan fingerprint density at radius 3 is 2.32 bits per heavy atom. The van der Waals surface area contributed by atoms with Gasteiger partial charge in [0.25, 0.3) is 5.91 Å². The zero-order valence-corrected chi connectivity index (χ0v) is 24.8. The summed E-state index contributed by atoms with van der Waals surface area (Å²) in [6.07, 6.45) is -4.40. The van der Waals surface area contributed by atoms with Crippen LogP contribution in [0.2, 0.25) is 0 Å². The first-order valence-corrected chi connectivity index (χ1v) is 14.4. The van der Waals surface area contributed by atoms with E-state index in [4.69, 9.17) is 4.99 Å². The van der Waals surface area contributed by atoms with Crippen LogP contribution in [0.4, 0.5) is 18.9 Å². The number of pyridine rings is 1. The molecule has 1 unspecified atom stereocenters. The molecule has 12 heteroatoms. The van der Waals surface area contributed by atoms with Crippen LogP contribution in [0.5, 0.6) is 0 Å². The molecule has 1 aliphatic heterocycles. The third kappa shape index (κ3) is 7.87. The molecule has 0 saturated heterocycles. The van der Waals surface area contributed by atoms with Crippen molar-refractivity contribution in [2.75, 3.05) is 31.1 Å². The van der Waals surface area contributed by atoms with Crippen LogP contribution in [0, 0.1) is 0 Å². The number of amides is 3. The van der Waals surface area contributed by atoms with Gasteiger partial charge in [-0.2, -0.15) is 13.2 Å². The molecule has 2 heterocycles. The molecule has 1 aromatic heterocycles. The van der Waals surface area contributed by atoms with Crippen LogP contribution < -0.4 is 15.5 Å². The van der Waals surface area contributed by atoms with Crippen LogP contribution in [-0.4, -0.2) is 71.7 Å². The molecule has 0 aliphatic carbocycles.